The minimum Gasteiger partial charge on any atom is -0.453 e. The molecule has 1 aliphatic rings. The van der Waals surface area contributed by atoms with Crippen molar-refractivity contribution in [3.05, 3.63) is 71.6 Å². The second-order valence-corrected chi connectivity index (χ2v) is 12.0. The number of benzene rings is 2. The second kappa shape index (κ2) is 16.2. The Labute approximate surface area is 281 Å². The number of rotatable bonds is 15. The molecular formula is C36H46N8O4. The van der Waals surface area contributed by atoms with Crippen molar-refractivity contribution in [1.29, 1.82) is 0 Å². The van der Waals surface area contributed by atoms with Gasteiger partial charge in [-0.2, -0.15) is 0 Å². The van der Waals surface area contributed by atoms with Crippen LogP contribution in [0.25, 0.3) is 33.6 Å². The summed E-state index contributed by atoms with van der Waals surface area (Å²) in [6, 6.07) is 12.9. The average Bonchev–Trinajstić information content (AvgIpc) is 3.88. The highest BCUT2D eigenvalue weighted by molar-refractivity contribution is 5.82. The SMILES string of the molecule is CCCN(Cc1ncc(-c2ccc(-c3ccc(-c4cnc(CN(CCC)C(=O)CNC)[nH]4)c4c3CCC4)cc2)[nH]1)C(=O)CNC(=O)OC. The molecule has 12 nitrogen and oxygen atoms in total. The Kier molecular flexibility index (Phi) is 11.6. The number of aromatic nitrogens is 4. The van der Waals surface area contributed by atoms with E-state index in [0.29, 0.717) is 38.5 Å². The van der Waals surface area contributed by atoms with Gasteiger partial charge in [0.25, 0.3) is 0 Å². The lowest BCUT2D eigenvalue weighted by molar-refractivity contribution is -0.131. The van der Waals surface area contributed by atoms with Gasteiger partial charge in [0.1, 0.15) is 18.2 Å². The van der Waals surface area contributed by atoms with Gasteiger partial charge in [0.05, 0.1) is 50.5 Å². The first-order chi connectivity index (χ1) is 23.3. The van der Waals surface area contributed by atoms with Crippen LogP contribution >= 0.6 is 0 Å². The molecule has 0 spiro atoms. The van der Waals surface area contributed by atoms with Gasteiger partial charge >= 0.3 is 6.09 Å². The van der Waals surface area contributed by atoms with Crippen molar-refractivity contribution < 1.29 is 19.1 Å². The van der Waals surface area contributed by atoms with Crippen molar-refractivity contribution in [2.24, 2.45) is 0 Å². The number of alkyl carbamates (subject to hydrolysis) is 1. The molecule has 2 aromatic carbocycles. The number of fused-ring (bicyclic) bond motifs is 1. The zero-order valence-corrected chi connectivity index (χ0v) is 28.3. The third kappa shape index (κ3) is 8.11. The molecule has 0 saturated carbocycles. The van der Waals surface area contributed by atoms with Gasteiger partial charge in [0, 0.05) is 18.7 Å². The van der Waals surface area contributed by atoms with Crippen molar-refractivity contribution >= 4 is 17.9 Å². The number of amides is 3. The van der Waals surface area contributed by atoms with Crippen molar-refractivity contribution in [1.82, 2.24) is 40.4 Å². The molecule has 0 atom stereocenters. The number of carbonyl (C=O) groups is 3. The molecular weight excluding hydrogens is 608 g/mol. The molecule has 4 N–H and O–H groups in total. The molecule has 3 amide bonds. The molecule has 1 aliphatic carbocycles. The van der Waals surface area contributed by atoms with E-state index in [1.807, 2.05) is 18.0 Å². The first-order valence-electron chi connectivity index (χ1n) is 16.7. The third-order valence-electron chi connectivity index (χ3n) is 8.61. The van der Waals surface area contributed by atoms with Crippen LogP contribution in [0.4, 0.5) is 4.79 Å². The Bertz CT molecular complexity index is 1710. The van der Waals surface area contributed by atoms with Crippen molar-refractivity contribution in [2.75, 3.05) is 40.3 Å². The fourth-order valence-corrected chi connectivity index (χ4v) is 6.31. The molecule has 0 saturated heterocycles. The minimum atomic E-state index is -0.638. The van der Waals surface area contributed by atoms with E-state index in [9.17, 15) is 14.4 Å². The summed E-state index contributed by atoms with van der Waals surface area (Å²) < 4.78 is 4.57. The van der Waals surface area contributed by atoms with Crippen LogP contribution in [0.15, 0.2) is 48.8 Å². The smallest absolute Gasteiger partial charge is 0.407 e. The molecule has 0 aliphatic heterocycles. The van der Waals surface area contributed by atoms with E-state index in [4.69, 9.17) is 0 Å². The van der Waals surface area contributed by atoms with Crippen molar-refractivity contribution in [3.63, 3.8) is 0 Å². The summed E-state index contributed by atoms with van der Waals surface area (Å²) in [4.78, 5) is 56.2. The zero-order chi connectivity index (χ0) is 34.0. The normalized spacial score (nSPS) is 12.1. The van der Waals surface area contributed by atoms with E-state index in [1.54, 1.807) is 18.1 Å². The number of likely N-dealkylation sites (N-methyl/N-ethyl adjacent to an activating group) is 1. The summed E-state index contributed by atoms with van der Waals surface area (Å²) >= 11 is 0. The Morgan fingerprint density at radius 1 is 0.771 bits per heavy atom. The fourth-order valence-electron chi connectivity index (χ4n) is 6.31. The summed E-state index contributed by atoms with van der Waals surface area (Å²) in [6.07, 6.45) is 7.85. The number of hydrogen-bond acceptors (Lipinski definition) is 7. The lowest BCUT2D eigenvalue weighted by Gasteiger charge is -2.21. The van der Waals surface area contributed by atoms with Crippen LogP contribution in [0.5, 0.6) is 0 Å². The van der Waals surface area contributed by atoms with Crippen LogP contribution in [0.3, 0.4) is 0 Å². The summed E-state index contributed by atoms with van der Waals surface area (Å²) in [5.41, 5.74) is 9.15. The van der Waals surface area contributed by atoms with E-state index in [2.05, 4.69) is 78.6 Å². The molecule has 48 heavy (non-hydrogen) atoms. The number of carbonyl (C=O) groups excluding carboxylic acids is 3. The van der Waals surface area contributed by atoms with Crippen LogP contribution < -0.4 is 10.6 Å². The third-order valence-corrected chi connectivity index (χ3v) is 8.61. The predicted octanol–water partition coefficient (Wildman–Crippen LogP) is 4.68. The highest BCUT2D eigenvalue weighted by Gasteiger charge is 2.22. The minimum absolute atomic E-state index is 0.0680. The lowest BCUT2D eigenvalue weighted by atomic mass is 9.92. The number of methoxy groups -OCH3 is 1. The molecule has 2 aromatic heterocycles. The number of nitrogens with zero attached hydrogens (tertiary/aromatic N) is 4. The molecule has 0 radical (unpaired) electrons. The van der Waals surface area contributed by atoms with E-state index < -0.39 is 6.09 Å². The predicted molar refractivity (Wildman–Crippen MR) is 185 cm³/mol. The van der Waals surface area contributed by atoms with E-state index in [0.717, 1.165) is 60.4 Å². The summed E-state index contributed by atoms with van der Waals surface area (Å²) in [7, 11) is 3.05. The monoisotopic (exact) mass is 654 g/mol. The van der Waals surface area contributed by atoms with Gasteiger partial charge in [0.2, 0.25) is 11.8 Å². The van der Waals surface area contributed by atoms with Gasteiger partial charge in [-0.05, 0) is 67.0 Å². The average molecular weight is 655 g/mol. The van der Waals surface area contributed by atoms with Crippen LogP contribution in [0, 0.1) is 0 Å². The molecule has 4 aromatic rings. The maximum absolute atomic E-state index is 12.7. The Morgan fingerprint density at radius 3 is 1.92 bits per heavy atom. The molecule has 0 bridgehead atoms. The molecule has 0 fully saturated rings. The van der Waals surface area contributed by atoms with E-state index >= 15 is 0 Å². The van der Waals surface area contributed by atoms with Crippen LogP contribution in [0.2, 0.25) is 0 Å². The van der Waals surface area contributed by atoms with E-state index in [-0.39, 0.29) is 18.4 Å². The molecule has 0 unspecified atom stereocenters. The molecule has 254 valence electrons. The van der Waals surface area contributed by atoms with Gasteiger partial charge in [-0.25, -0.2) is 14.8 Å². The maximum Gasteiger partial charge on any atom is 0.407 e. The van der Waals surface area contributed by atoms with Gasteiger partial charge in [0.15, 0.2) is 0 Å². The molecule has 5 rings (SSSR count). The number of H-pyrrole nitrogens is 2. The first kappa shape index (κ1) is 34.4. The van der Waals surface area contributed by atoms with Crippen LogP contribution in [-0.2, 0) is 40.3 Å². The molecule has 2 heterocycles. The van der Waals surface area contributed by atoms with E-state index in [1.165, 1.54) is 29.4 Å². The summed E-state index contributed by atoms with van der Waals surface area (Å²) in [5.74, 6) is 1.33. The standard InChI is InChI=1S/C36H46N8O4/c1-5-16-43(34(45)20-37-3)23-33-39-19-31(42-33)29-15-14-26(27-8-7-9-28(27)29)24-10-12-25(13-11-24)30-18-38-32(41-30)22-44(17-6-2)35(46)21-40-36(47)48-4/h10-15,18-19,37H,5-9,16-17,20-23H2,1-4H3,(H,38,41)(H,39,42)(H,40,47). The highest BCUT2D eigenvalue weighted by atomic mass is 16.5. The number of hydrogen-bond donors (Lipinski definition) is 4. The number of nitrogens with one attached hydrogen (secondary N) is 4. The van der Waals surface area contributed by atoms with Gasteiger partial charge in [-0.1, -0.05) is 50.2 Å². The first-order valence-corrected chi connectivity index (χ1v) is 16.7. The quantitative estimate of drug-likeness (QED) is 0.146. The number of imidazole rings is 2. The van der Waals surface area contributed by atoms with Crippen LogP contribution in [0.1, 0.15) is 55.9 Å². The zero-order valence-electron chi connectivity index (χ0n) is 28.3. The fraction of sp³-hybridized carbons (Fsp3) is 0.417. The lowest BCUT2D eigenvalue weighted by Crippen LogP contribution is -2.40. The number of aromatic amines is 2. The van der Waals surface area contributed by atoms with Crippen molar-refractivity contribution in [2.45, 2.75) is 59.0 Å². The highest BCUT2D eigenvalue weighted by Crippen LogP contribution is 2.38. The maximum atomic E-state index is 12.7. The largest absolute Gasteiger partial charge is 0.453 e. The van der Waals surface area contributed by atoms with Crippen LogP contribution in [-0.4, -0.2) is 88.0 Å². The summed E-state index contributed by atoms with van der Waals surface area (Å²) in [5, 5.41) is 5.40. The second-order valence-electron chi connectivity index (χ2n) is 12.0. The Hall–Kier alpha value is -4.97. The number of ether oxygens (including phenoxy) is 1. The Morgan fingerprint density at radius 2 is 1.31 bits per heavy atom. The van der Waals surface area contributed by atoms with Crippen molar-refractivity contribution in [3.8, 4) is 33.6 Å². The van der Waals surface area contributed by atoms with Gasteiger partial charge < -0.3 is 35.1 Å². The summed E-state index contributed by atoms with van der Waals surface area (Å²) in [6.45, 7) is 6.27. The Balaban J connectivity index is 1.29. The van der Waals surface area contributed by atoms with Gasteiger partial charge in [-0.15, -0.1) is 0 Å². The molecule has 12 heteroatoms. The van der Waals surface area contributed by atoms with Gasteiger partial charge in [-0.3, -0.25) is 9.59 Å². The topological polar surface area (TPSA) is 148 Å².